The molecule has 1 saturated heterocycles. The summed E-state index contributed by atoms with van der Waals surface area (Å²) in [6.45, 7) is 6.17. The van der Waals surface area contributed by atoms with E-state index < -0.39 is 5.41 Å². The molecule has 0 bridgehead atoms. The third kappa shape index (κ3) is 4.52. The van der Waals surface area contributed by atoms with Crippen molar-refractivity contribution >= 4 is 11.8 Å². The zero-order valence-corrected chi connectivity index (χ0v) is 15.5. The van der Waals surface area contributed by atoms with Crippen molar-refractivity contribution < 1.29 is 18.7 Å². The van der Waals surface area contributed by atoms with E-state index in [0.717, 1.165) is 0 Å². The van der Waals surface area contributed by atoms with E-state index in [0.29, 0.717) is 51.3 Å². The number of benzene rings is 1. The van der Waals surface area contributed by atoms with Crippen molar-refractivity contribution in [2.24, 2.45) is 11.1 Å². The maximum atomic E-state index is 12.9. The molecule has 1 fully saturated rings. The van der Waals surface area contributed by atoms with Gasteiger partial charge < -0.3 is 20.3 Å². The zero-order valence-electron chi connectivity index (χ0n) is 15.5. The number of amides is 2. The van der Waals surface area contributed by atoms with Gasteiger partial charge in [-0.3, -0.25) is 9.59 Å². The molecule has 2 rings (SSSR count). The molecule has 1 aliphatic rings. The van der Waals surface area contributed by atoms with Crippen LogP contribution in [0.5, 0.6) is 5.75 Å². The van der Waals surface area contributed by atoms with Crippen LogP contribution in [0.1, 0.15) is 26.7 Å². The highest BCUT2D eigenvalue weighted by atomic mass is 19.1. The van der Waals surface area contributed by atoms with Crippen LogP contribution in [0, 0.1) is 11.2 Å². The summed E-state index contributed by atoms with van der Waals surface area (Å²) in [6.07, 6.45) is 1.42. The van der Waals surface area contributed by atoms with Crippen LogP contribution in [0.25, 0.3) is 0 Å². The van der Waals surface area contributed by atoms with Gasteiger partial charge in [-0.15, -0.1) is 0 Å². The third-order valence-corrected chi connectivity index (χ3v) is 5.29. The Balaban J connectivity index is 1.84. The van der Waals surface area contributed by atoms with Gasteiger partial charge in [0.1, 0.15) is 11.6 Å². The summed E-state index contributed by atoms with van der Waals surface area (Å²) in [4.78, 5) is 28.6. The SMILES string of the molecule is CCC(CC)(CN)C(=O)N1CCN(C(=O)COc2ccc(F)cc2)CC1. The molecule has 144 valence electrons. The van der Waals surface area contributed by atoms with Crippen molar-refractivity contribution in [1.82, 2.24) is 9.80 Å². The van der Waals surface area contributed by atoms with E-state index in [1.54, 1.807) is 4.90 Å². The number of rotatable bonds is 7. The van der Waals surface area contributed by atoms with Gasteiger partial charge in [-0.1, -0.05) is 13.8 Å². The Morgan fingerprint density at radius 1 is 1.08 bits per heavy atom. The van der Waals surface area contributed by atoms with Crippen LogP contribution in [0.2, 0.25) is 0 Å². The van der Waals surface area contributed by atoms with Crippen LogP contribution < -0.4 is 10.5 Å². The second-order valence-corrected chi connectivity index (χ2v) is 6.61. The van der Waals surface area contributed by atoms with Crippen molar-refractivity contribution in [1.29, 1.82) is 0 Å². The highest BCUT2D eigenvalue weighted by Crippen LogP contribution is 2.28. The standard InChI is InChI=1S/C19H28FN3O3/c1-3-19(4-2,14-21)18(25)23-11-9-22(10-12-23)17(24)13-26-16-7-5-15(20)6-8-16/h5-8H,3-4,9-14,21H2,1-2H3. The second-order valence-electron chi connectivity index (χ2n) is 6.61. The Labute approximate surface area is 154 Å². The minimum Gasteiger partial charge on any atom is -0.484 e. The number of nitrogens with two attached hydrogens (primary N) is 1. The molecule has 0 spiro atoms. The minimum atomic E-state index is -0.502. The lowest BCUT2D eigenvalue weighted by Gasteiger charge is -2.40. The quantitative estimate of drug-likeness (QED) is 0.797. The van der Waals surface area contributed by atoms with Gasteiger partial charge in [0.15, 0.2) is 6.61 Å². The average molecular weight is 365 g/mol. The summed E-state index contributed by atoms with van der Waals surface area (Å²) in [7, 11) is 0. The number of halogens is 1. The Morgan fingerprint density at radius 2 is 1.62 bits per heavy atom. The van der Waals surface area contributed by atoms with Crippen molar-refractivity contribution in [2.45, 2.75) is 26.7 Å². The number of hydrogen-bond acceptors (Lipinski definition) is 4. The van der Waals surface area contributed by atoms with Crippen molar-refractivity contribution in [2.75, 3.05) is 39.3 Å². The van der Waals surface area contributed by atoms with E-state index in [4.69, 9.17) is 10.5 Å². The van der Waals surface area contributed by atoms with Crippen LogP contribution >= 0.6 is 0 Å². The molecule has 0 radical (unpaired) electrons. The van der Waals surface area contributed by atoms with Crippen LogP contribution in [0.3, 0.4) is 0 Å². The van der Waals surface area contributed by atoms with Gasteiger partial charge in [-0.2, -0.15) is 0 Å². The zero-order chi connectivity index (χ0) is 19.2. The smallest absolute Gasteiger partial charge is 0.260 e. The summed E-state index contributed by atoms with van der Waals surface area (Å²) < 4.78 is 18.3. The molecule has 1 aromatic rings. The van der Waals surface area contributed by atoms with E-state index in [1.165, 1.54) is 24.3 Å². The normalized spacial score (nSPS) is 15.1. The number of nitrogens with zero attached hydrogens (tertiary/aromatic N) is 2. The Hall–Kier alpha value is -2.15. The number of piperazine rings is 1. The fourth-order valence-electron chi connectivity index (χ4n) is 3.19. The first kappa shape index (κ1) is 20.2. The van der Waals surface area contributed by atoms with Crippen molar-refractivity contribution in [3.05, 3.63) is 30.1 Å². The molecule has 1 aromatic carbocycles. The van der Waals surface area contributed by atoms with E-state index in [1.807, 2.05) is 18.7 Å². The predicted octanol–water partition coefficient (Wildman–Crippen LogP) is 1.64. The van der Waals surface area contributed by atoms with E-state index in [-0.39, 0.29) is 24.2 Å². The molecule has 7 heteroatoms. The molecule has 0 aliphatic carbocycles. The van der Waals surface area contributed by atoms with Gasteiger partial charge in [0, 0.05) is 32.7 Å². The van der Waals surface area contributed by atoms with Crippen LogP contribution in [-0.4, -0.2) is 60.9 Å². The molecule has 0 atom stereocenters. The molecule has 6 nitrogen and oxygen atoms in total. The van der Waals surface area contributed by atoms with Crippen molar-refractivity contribution in [3.8, 4) is 5.75 Å². The molecule has 0 aromatic heterocycles. The molecule has 0 unspecified atom stereocenters. The number of ether oxygens (including phenoxy) is 1. The molecule has 26 heavy (non-hydrogen) atoms. The lowest BCUT2D eigenvalue weighted by Crippen LogP contribution is -2.56. The van der Waals surface area contributed by atoms with E-state index in [9.17, 15) is 14.0 Å². The van der Waals surface area contributed by atoms with Gasteiger partial charge in [-0.25, -0.2) is 4.39 Å². The van der Waals surface area contributed by atoms with Crippen LogP contribution in [-0.2, 0) is 9.59 Å². The highest BCUT2D eigenvalue weighted by molar-refractivity contribution is 5.83. The Morgan fingerprint density at radius 3 is 2.12 bits per heavy atom. The highest BCUT2D eigenvalue weighted by Gasteiger charge is 2.38. The van der Waals surface area contributed by atoms with E-state index >= 15 is 0 Å². The van der Waals surface area contributed by atoms with Gasteiger partial charge in [0.25, 0.3) is 5.91 Å². The second kappa shape index (κ2) is 8.98. The topological polar surface area (TPSA) is 75.9 Å². The minimum absolute atomic E-state index is 0.0830. The van der Waals surface area contributed by atoms with Crippen LogP contribution in [0.4, 0.5) is 4.39 Å². The Kier molecular flexibility index (Phi) is 6.97. The van der Waals surface area contributed by atoms with Crippen molar-refractivity contribution in [3.63, 3.8) is 0 Å². The summed E-state index contributed by atoms with van der Waals surface area (Å²) >= 11 is 0. The lowest BCUT2D eigenvalue weighted by atomic mass is 9.81. The number of carbonyl (C=O) groups is 2. The molecular formula is C19H28FN3O3. The molecule has 2 N–H and O–H groups in total. The van der Waals surface area contributed by atoms with Gasteiger partial charge in [0.2, 0.25) is 5.91 Å². The average Bonchev–Trinajstić information content (AvgIpc) is 2.69. The number of carbonyl (C=O) groups excluding carboxylic acids is 2. The summed E-state index contributed by atoms with van der Waals surface area (Å²) in [5, 5.41) is 0. The largest absolute Gasteiger partial charge is 0.484 e. The molecule has 1 aliphatic heterocycles. The fraction of sp³-hybridized carbons (Fsp3) is 0.579. The molecule has 0 saturated carbocycles. The summed E-state index contributed by atoms with van der Waals surface area (Å²) in [5.41, 5.74) is 5.36. The third-order valence-electron chi connectivity index (χ3n) is 5.29. The predicted molar refractivity (Wildman–Crippen MR) is 97.1 cm³/mol. The van der Waals surface area contributed by atoms with Crippen LogP contribution in [0.15, 0.2) is 24.3 Å². The monoisotopic (exact) mass is 365 g/mol. The summed E-state index contributed by atoms with van der Waals surface area (Å²) in [5.74, 6) is 0.0431. The molecular weight excluding hydrogens is 337 g/mol. The van der Waals surface area contributed by atoms with Gasteiger partial charge in [0.05, 0.1) is 5.41 Å². The first-order valence-electron chi connectivity index (χ1n) is 9.11. The first-order chi connectivity index (χ1) is 12.5. The Bertz CT molecular complexity index is 601. The van der Waals surface area contributed by atoms with Gasteiger partial charge in [-0.05, 0) is 37.1 Å². The summed E-state index contributed by atoms with van der Waals surface area (Å²) in [6, 6.07) is 5.55. The molecule has 1 heterocycles. The van der Waals surface area contributed by atoms with E-state index in [2.05, 4.69) is 0 Å². The lowest BCUT2D eigenvalue weighted by molar-refractivity contribution is -0.147. The molecule has 2 amide bonds. The number of hydrogen-bond donors (Lipinski definition) is 1. The fourth-order valence-corrected chi connectivity index (χ4v) is 3.19. The maximum absolute atomic E-state index is 12.9. The maximum Gasteiger partial charge on any atom is 0.260 e. The first-order valence-corrected chi connectivity index (χ1v) is 9.11. The van der Waals surface area contributed by atoms with Gasteiger partial charge >= 0.3 is 0 Å².